The van der Waals surface area contributed by atoms with Crippen molar-refractivity contribution in [3.63, 3.8) is 0 Å². The maximum absolute atomic E-state index is 2.86. The van der Waals surface area contributed by atoms with Gasteiger partial charge >= 0.3 is 29.6 Å². The fourth-order valence-corrected chi connectivity index (χ4v) is 0.278. The number of nitrogens with one attached hydrogen (secondary N) is 1. The van der Waals surface area contributed by atoms with Gasteiger partial charge in [0.2, 0.25) is 0 Å². The van der Waals surface area contributed by atoms with Gasteiger partial charge < -0.3 is 17.4 Å². The molecule has 0 saturated carbocycles. The number of H-pyrrole nitrogens is 1. The molecule has 0 radical (unpaired) electrons. The van der Waals surface area contributed by atoms with Crippen molar-refractivity contribution in [2.75, 3.05) is 0 Å². The maximum Gasteiger partial charge on any atom is 1.00 e. The molecule has 7 heavy (non-hydrogen) atoms. The first-order valence-corrected chi connectivity index (χ1v) is 1.58. The molecule has 1 aromatic heterocycles. The molecule has 0 amide bonds. The van der Waals surface area contributed by atoms with Gasteiger partial charge in [-0.25, -0.2) is 0 Å². The summed E-state index contributed by atoms with van der Waals surface area (Å²) < 4.78 is 0. The molecule has 0 unspecified atom stereocenters. The molecule has 0 aliphatic carbocycles. The number of aromatic nitrogens is 1. The van der Waals surface area contributed by atoms with Crippen LogP contribution in [0.15, 0.2) is 24.5 Å². The van der Waals surface area contributed by atoms with E-state index in [1.165, 1.54) is 0 Å². The van der Waals surface area contributed by atoms with Gasteiger partial charge in [-0.15, -0.1) is 0 Å². The van der Waals surface area contributed by atoms with Crippen LogP contribution >= 0.6 is 0 Å². The second-order valence-electron chi connectivity index (χ2n) is 0.885. The van der Waals surface area contributed by atoms with Gasteiger partial charge in [-0.3, -0.25) is 0 Å². The van der Waals surface area contributed by atoms with Gasteiger partial charge in [0, 0.05) is 12.4 Å². The average Bonchev–Trinajstić information content (AvgIpc) is 1.76. The minimum Gasteiger partial charge on any atom is -1.00 e. The zero-order chi connectivity index (χ0) is 3.54. The van der Waals surface area contributed by atoms with Gasteiger partial charge in [0.1, 0.15) is 0 Å². The van der Waals surface area contributed by atoms with E-state index in [1.54, 1.807) is 0 Å². The van der Waals surface area contributed by atoms with E-state index < -0.39 is 0 Å². The van der Waals surface area contributed by atoms with Crippen LogP contribution in [-0.2, 0) is 0 Å². The van der Waals surface area contributed by atoms with Crippen molar-refractivity contribution in [1.82, 2.24) is 4.98 Å². The van der Waals surface area contributed by atoms with E-state index in [0.717, 1.165) is 0 Å². The Balaban J connectivity index is 0. The fraction of sp³-hybridized carbons (Fsp3) is 0. The average molecular weight is 126 g/mol. The summed E-state index contributed by atoms with van der Waals surface area (Å²) in [7, 11) is 0. The van der Waals surface area contributed by atoms with Gasteiger partial charge in [-0.2, -0.15) is 0 Å². The van der Waals surface area contributed by atoms with Crippen LogP contribution in [0.4, 0.5) is 0 Å². The molecular formula is C4H5ClNNa. The van der Waals surface area contributed by atoms with Crippen LogP contribution in [0.5, 0.6) is 0 Å². The smallest absolute Gasteiger partial charge is 1.00 e. The normalized spacial score (nSPS) is 5.71. The maximum atomic E-state index is 2.86. The summed E-state index contributed by atoms with van der Waals surface area (Å²) in [5, 5.41) is 0. The molecule has 0 bridgehead atoms. The zero-order valence-electron chi connectivity index (χ0n) is 4.19. The van der Waals surface area contributed by atoms with Crippen LogP contribution in [0.3, 0.4) is 0 Å². The Hall–Kier alpha value is 0.570. The minimum atomic E-state index is 0. The second-order valence-corrected chi connectivity index (χ2v) is 0.885. The predicted molar refractivity (Wildman–Crippen MR) is 20.8 cm³/mol. The number of hydrogen-bond donors (Lipinski definition) is 1. The first-order valence-electron chi connectivity index (χ1n) is 1.58. The van der Waals surface area contributed by atoms with Crippen LogP contribution in [0.25, 0.3) is 0 Å². The Morgan fingerprint density at radius 2 is 1.43 bits per heavy atom. The molecule has 0 aliphatic heterocycles. The third-order valence-corrected chi connectivity index (χ3v) is 0.496. The second kappa shape index (κ2) is 6.57. The van der Waals surface area contributed by atoms with Crippen molar-refractivity contribution in [1.29, 1.82) is 0 Å². The number of rotatable bonds is 0. The summed E-state index contributed by atoms with van der Waals surface area (Å²) >= 11 is 0. The summed E-state index contributed by atoms with van der Waals surface area (Å²) in [6.45, 7) is 0. The Morgan fingerprint density at radius 1 is 1.00 bits per heavy atom. The predicted octanol–water partition coefficient (Wildman–Crippen LogP) is -4.98. The van der Waals surface area contributed by atoms with Crippen molar-refractivity contribution in [3.05, 3.63) is 24.5 Å². The molecule has 0 spiro atoms. The van der Waals surface area contributed by atoms with Crippen molar-refractivity contribution in [3.8, 4) is 0 Å². The van der Waals surface area contributed by atoms with Crippen molar-refractivity contribution in [2.24, 2.45) is 0 Å². The van der Waals surface area contributed by atoms with Gasteiger partial charge in [0.05, 0.1) is 0 Å². The molecule has 0 atom stereocenters. The molecule has 1 N–H and O–H groups in total. The number of halogens is 1. The zero-order valence-corrected chi connectivity index (χ0v) is 6.94. The summed E-state index contributed by atoms with van der Waals surface area (Å²) in [6.07, 6.45) is 3.75. The van der Waals surface area contributed by atoms with Gasteiger partial charge in [-0.1, -0.05) is 0 Å². The minimum absolute atomic E-state index is 0. The Kier molecular flexibility index (Phi) is 9.89. The molecule has 0 aromatic carbocycles. The summed E-state index contributed by atoms with van der Waals surface area (Å²) in [6, 6.07) is 3.89. The standard InChI is InChI=1S/C4H5N.ClH.Na/c1-2-4-5-3-1;;/h1-5H;1H;/q;;+1/p-1. The topological polar surface area (TPSA) is 15.8 Å². The molecule has 1 nitrogen and oxygen atoms in total. The summed E-state index contributed by atoms with van der Waals surface area (Å²) in [5.74, 6) is 0. The van der Waals surface area contributed by atoms with E-state index in [1.807, 2.05) is 24.5 Å². The van der Waals surface area contributed by atoms with E-state index in [9.17, 15) is 0 Å². The SMILES string of the molecule is [Cl-].[Na+].c1cc[nH]c1. The van der Waals surface area contributed by atoms with Crippen molar-refractivity contribution >= 4 is 0 Å². The molecule has 1 rings (SSSR count). The number of aromatic amines is 1. The summed E-state index contributed by atoms with van der Waals surface area (Å²) in [4.78, 5) is 2.86. The monoisotopic (exact) mass is 125 g/mol. The first kappa shape index (κ1) is 10.5. The third kappa shape index (κ3) is 4.42. The quantitative estimate of drug-likeness (QED) is 0.335. The Morgan fingerprint density at radius 3 is 1.57 bits per heavy atom. The molecule has 0 aliphatic rings. The third-order valence-electron chi connectivity index (χ3n) is 0.496. The number of hydrogen-bond acceptors (Lipinski definition) is 0. The van der Waals surface area contributed by atoms with Crippen LogP contribution < -0.4 is 42.0 Å². The molecule has 34 valence electrons. The first-order chi connectivity index (χ1) is 2.50. The van der Waals surface area contributed by atoms with Gasteiger partial charge in [-0.05, 0) is 12.1 Å². The largest absolute Gasteiger partial charge is 1.00 e. The van der Waals surface area contributed by atoms with E-state index in [2.05, 4.69) is 4.98 Å². The van der Waals surface area contributed by atoms with E-state index >= 15 is 0 Å². The Labute approximate surface area is 71.2 Å². The van der Waals surface area contributed by atoms with E-state index in [0.29, 0.717) is 0 Å². The van der Waals surface area contributed by atoms with Crippen LogP contribution in [0.2, 0.25) is 0 Å². The molecular weight excluding hydrogens is 120 g/mol. The van der Waals surface area contributed by atoms with Crippen LogP contribution in [0.1, 0.15) is 0 Å². The van der Waals surface area contributed by atoms with Gasteiger partial charge in [0.15, 0.2) is 0 Å². The van der Waals surface area contributed by atoms with Crippen molar-refractivity contribution in [2.45, 2.75) is 0 Å². The summed E-state index contributed by atoms with van der Waals surface area (Å²) in [5.41, 5.74) is 0. The van der Waals surface area contributed by atoms with Crippen LogP contribution in [0, 0.1) is 0 Å². The van der Waals surface area contributed by atoms with Crippen molar-refractivity contribution < 1.29 is 42.0 Å². The van der Waals surface area contributed by atoms with E-state index in [-0.39, 0.29) is 42.0 Å². The Bertz CT molecular complexity index is 68.2. The molecule has 1 aromatic rings. The van der Waals surface area contributed by atoms with E-state index in [4.69, 9.17) is 0 Å². The molecule has 1 heterocycles. The van der Waals surface area contributed by atoms with Crippen LogP contribution in [-0.4, -0.2) is 4.98 Å². The van der Waals surface area contributed by atoms with Gasteiger partial charge in [0.25, 0.3) is 0 Å². The molecule has 0 fully saturated rings. The molecule has 0 saturated heterocycles. The fourth-order valence-electron chi connectivity index (χ4n) is 0.278. The molecule has 3 heteroatoms.